The van der Waals surface area contributed by atoms with E-state index in [1.54, 1.807) is 10.4 Å². The molecule has 0 spiro atoms. The Morgan fingerprint density at radius 3 is 2.53 bits per heavy atom. The molecule has 6 heteroatoms. The summed E-state index contributed by atoms with van der Waals surface area (Å²) < 4.78 is 34.0. The predicted molar refractivity (Wildman–Crippen MR) is 73.6 cm³/mol. The summed E-state index contributed by atoms with van der Waals surface area (Å²) in [5.41, 5.74) is 0.652. The molecule has 0 amide bonds. The van der Waals surface area contributed by atoms with Crippen molar-refractivity contribution in [1.82, 2.24) is 4.31 Å². The van der Waals surface area contributed by atoms with Crippen molar-refractivity contribution in [2.24, 2.45) is 0 Å². The SMILES string of the molecule is O=S(=O)(N1CCCCC1)N1CCOc2ccccc21. The molecule has 0 aliphatic carbocycles. The molecule has 3 rings (SSSR count). The molecule has 2 aliphatic heterocycles. The summed E-state index contributed by atoms with van der Waals surface area (Å²) in [7, 11) is -3.41. The molecule has 0 bridgehead atoms. The lowest BCUT2D eigenvalue weighted by Gasteiger charge is -2.36. The van der Waals surface area contributed by atoms with Gasteiger partial charge in [-0.2, -0.15) is 12.7 Å². The Morgan fingerprint density at radius 1 is 1.00 bits per heavy atom. The second-order valence-electron chi connectivity index (χ2n) is 4.86. The largest absolute Gasteiger partial charge is 0.489 e. The Hall–Kier alpha value is -1.27. The fraction of sp³-hybridized carbons (Fsp3) is 0.538. The highest BCUT2D eigenvalue weighted by molar-refractivity contribution is 7.90. The van der Waals surface area contributed by atoms with E-state index in [4.69, 9.17) is 4.74 Å². The molecule has 5 nitrogen and oxygen atoms in total. The predicted octanol–water partition coefficient (Wildman–Crippen LogP) is 1.62. The van der Waals surface area contributed by atoms with E-state index >= 15 is 0 Å². The Morgan fingerprint density at radius 2 is 1.74 bits per heavy atom. The molecule has 0 atom stereocenters. The van der Waals surface area contributed by atoms with E-state index in [2.05, 4.69) is 0 Å². The van der Waals surface area contributed by atoms with Crippen molar-refractivity contribution in [3.05, 3.63) is 24.3 Å². The van der Waals surface area contributed by atoms with E-state index in [1.165, 1.54) is 4.31 Å². The van der Waals surface area contributed by atoms with Crippen LogP contribution in [0, 0.1) is 0 Å². The Balaban J connectivity index is 1.94. The van der Waals surface area contributed by atoms with Gasteiger partial charge < -0.3 is 4.74 Å². The van der Waals surface area contributed by atoms with Crippen LogP contribution in [0.25, 0.3) is 0 Å². The first kappa shape index (κ1) is 12.7. The molecule has 104 valence electrons. The molecule has 1 saturated heterocycles. The first-order chi connectivity index (χ1) is 9.19. The zero-order valence-electron chi connectivity index (χ0n) is 10.8. The molecule has 0 saturated carbocycles. The maximum Gasteiger partial charge on any atom is 0.304 e. The fourth-order valence-electron chi connectivity index (χ4n) is 2.62. The highest BCUT2D eigenvalue weighted by atomic mass is 32.2. The van der Waals surface area contributed by atoms with Crippen LogP contribution in [0.2, 0.25) is 0 Å². The van der Waals surface area contributed by atoms with Crippen LogP contribution in [-0.4, -0.2) is 39.0 Å². The lowest BCUT2D eigenvalue weighted by atomic mass is 10.2. The molecule has 19 heavy (non-hydrogen) atoms. The average Bonchev–Trinajstić information content (AvgIpc) is 2.47. The highest BCUT2D eigenvalue weighted by Crippen LogP contribution is 2.34. The van der Waals surface area contributed by atoms with Gasteiger partial charge in [0.2, 0.25) is 0 Å². The number of benzene rings is 1. The molecule has 1 fully saturated rings. The van der Waals surface area contributed by atoms with Crippen LogP contribution < -0.4 is 9.04 Å². The number of hydrogen-bond acceptors (Lipinski definition) is 3. The quantitative estimate of drug-likeness (QED) is 0.828. The van der Waals surface area contributed by atoms with Gasteiger partial charge >= 0.3 is 10.2 Å². The van der Waals surface area contributed by atoms with Gasteiger partial charge in [-0.3, -0.25) is 4.31 Å². The van der Waals surface area contributed by atoms with Crippen LogP contribution in [-0.2, 0) is 10.2 Å². The maximum absolute atomic E-state index is 12.7. The summed E-state index contributed by atoms with van der Waals surface area (Å²) in [6.45, 7) is 2.05. The number of ether oxygens (including phenoxy) is 1. The topological polar surface area (TPSA) is 49.9 Å². The number of hydrogen-bond donors (Lipinski definition) is 0. The van der Waals surface area contributed by atoms with Gasteiger partial charge in [0.15, 0.2) is 0 Å². The minimum atomic E-state index is -3.41. The van der Waals surface area contributed by atoms with Gasteiger partial charge in [0.1, 0.15) is 12.4 Å². The van der Waals surface area contributed by atoms with E-state index in [0.29, 0.717) is 37.7 Å². The smallest absolute Gasteiger partial charge is 0.304 e. The van der Waals surface area contributed by atoms with Crippen molar-refractivity contribution in [3.8, 4) is 5.75 Å². The van der Waals surface area contributed by atoms with Gasteiger partial charge in [-0.05, 0) is 25.0 Å². The number of nitrogens with zero attached hydrogens (tertiary/aromatic N) is 2. The lowest BCUT2D eigenvalue weighted by Crippen LogP contribution is -2.48. The summed E-state index contributed by atoms with van der Waals surface area (Å²) in [6, 6.07) is 7.31. The summed E-state index contributed by atoms with van der Waals surface area (Å²) in [5, 5.41) is 0. The maximum atomic E-state index is 12.7. The summed E-state index contributed by atoms with van der Waals surface area (Å²) in [6.07, 6.45) is 3.02. The monoisotopic (exact) mass is 282 g/mol. The summed E-state index contributed by atoms with van der Waals surface area (Å²) >= 11 is 0. The van der Waals surface area contributed by atoms with Crippen LogP contribution in [0.4, 0.5) is 5.69 Å². The molecule has 0 unspecified atom stereocenters. The summed E-state index contributed by atoms with van der Waals surface area (Å²) in [4.78, 5) is 0. The van der Waals surface area contributed by atoms with Gasteiger partial charge in [-0.25, -0.2) is 0 Å². The molecular formula is C13H18N2O3S. The third-order valence-corrected chi connectivity index (χ3v) is 5.56. The van der Waals surface area contributed by atoms with Crippen LogP contribution in [0.1, 0.15) is 19.3 Å². The molecule has 0 N–H and O–H groups in total. The Bertz CT molecular complexity index is 553. The zero-order chi connectivity index (χ0) is 13.3. The molecular weight excluding hydrogens is 264 g/mol. The van der Waals surface area contributed by atoms with Crippen molar-refractivity contribution in [3.63, 3.8) is 0 Å². The van der Waals surface area contributed by atoms with Crippen molar-refractivity contribution < 1.29 is 13.2 Å². The Labute approximate surface area is 114 Å². The third-order valence-electron chi connectivity index (χ3n) is 3.61. The normalized spacial score (nSPS) is 20.7. The Kier molecular flexibility index (Phi) is 3.36. The van der Waals surface area contributed by atoms with Gasteiger partial charge in [0.05, 0.1) is 12.2 Å². The van der Waals surface area contributed by atoms with Crippen molar-refractivity contribution in [1.29, 1.82) is 0 Å². The van der Waals surface area contributed by atoms with E-state index in [-0.39, 0.29) is 0 Å². The standard InChI is InChI=1S/C13H18N2O3S/c16-19(17,14-8-4-1-5-9-14)15-10-11-18-13-7-3-2-6-12(13)15/h2-3,6-7H,1,4-5,8-11H2. The minimum Gasteiger partial charge on any atom is -0.489 e. The van der Waals surface area contributed by atoms with Gasteiger partial charge in [0.25, 0.3) is 0 Å². The number of para-hydroxylation sites is 2. The second-order valence-corrected chi connectivity index (χ2v) is 6.71. The third kappa shape index (κ3) is 2.30. The molecule has 0 aromatic heterocycles. The number of anilines is 1. The first-order valence-corrected chi connectivity index (χ1v) is 8.09. The molecule has 2 aliphatic rings. The van der Waals surface area contributed by atoms with Crippen LogP contribution >= 0.6 is 0 Å². The van der Waals surface area contributed by atoms with E-state index in [1.807, 2.05) is 18.2 Å². The van der Waals surface area contributed by atoms with Crippen LogP contribution in [0.15, 0.2) is 24.3 Å². The fourth-order valence-corrected chi connectivity index (χ4v) is 4.32. The zero-order valence-corrected chi connectivity index (χ0v) is 11.6. The minimum absolute atomic E-state index is 0.385. The van der Waals surface area contributed by atoms with Crippen molar-refractivity contribution in [2.45, 2.75) is 19.3 Å². The first-order valence-electron chi connectivity index (χ1n) is 6.69. The highest BCUT2D eigenvalue weighted by Gasteiger charge is 2.33. The number of rotatable bonds is 2. The molecule has 2 heterocycles. The number of piperidine rings is 1. The average molecular weight is 282 g/mol. The van der Waals surface area contributed by atoms with Crippen LogP contribution in [0.5, 0.6) is 5.75 Å². The lowest BCUT2D eigenvalue weighted by molar-refractivity contribution is 0.308. The van der Waals surface area contributed by atoms with Crippen LogP contribution in [0.3, 0.4) is 0 Å². The molecule has 0 radical (unpaired) electrons. The van der Waals surface area contributed by atoms with Gasteiger partial charge in [-0.1, -0.05) is 18.6 Å². The molecule has 1 aromatic carbocycles. The van der Waals surface area contributed by atoms with E-state index < -0.39 is 10.2 Å². The van der Waals surface area contributed by atoms with Gasteiger partial charge in [0, 0.05) is 13.1 Å². The second kappa shape index (κ2) is 5.02. The van der Waals surface area contributed by atoms with Crippen molar-refractivity contribution in [2.75, 3.05) is 30.5 Å². The van der Waals surface area contributed by atoms with Crippen molar-refractivity contribution >= 4 is 15.9 Å². The van der Waals surface area contributed by atoms with E-state index in [9.17, 15) is 8.42 Å². The van der Waals surface area contributed by atoms with Gasteiger partial charge in [-0.15, -0.1) is 0 Å². The summed E-state index contributed by atoms with van der Waals surface area (Å²) in [5.74, 6) is 0.648. The number of fused-ring (bicyclic) bond motifs is 1. The molecule has 1 aromatic rings. The van der Waals surface area contributed by atoms with E-state index in [0.717, 1.165) is 19.3 Å².